The predicted octanol–water partition coefficient (Wildman–Crippen LogP) is 4.48. The van der Waals surface area contributed by atoms with Gasteiger partial charge < -0.3 is 5.11 Å². The predicted molar refractivity (Wildman–Crippen MR) is 97.2 cm³/mol. The van der Waals surface area contributed by atoms with Gasteiger partial charge >= 0.3 is 6.18 Å². The molecule has 2 N–H and O–H groups in total. The zero-order chi connectivity index (χ0) is 19.7. The molecule has 2 aromatic rings. The van der Waals surface area contributed by atoms with Crippen LogP contribution in [0.25, 0.3) is 10.1 Å². The van der Waals surface area contributed by atoms with Gasteiger partial charge in [0.25, 0.3) is 10.0 Å². The first-order valence-electron chi connectivity index (χ1n) is 7.87. The van der Waals surface area contributed by atoms with Gasteiger partial charge in [0, 0.05) is 22.2 Å². The summed E-state index contributed by atoms with van der Waals surface area (Å²) < 4.78 is 66.6. The Balaban J connectivity index is 2.36. The van der Waals surface area contributed by atoms with Crippen LogP contribution in [0.1, 0.15) is 25.3 Å². The maximum atomic E-state index is 12.7. The van der Waals surface area contributed by atoms with E-state index in [0.29, 0.717) is 20.7 Å². The summed E-state index contributed by atoms with van der Waals surface area (Å²) in [7, 11) is -4.09. The molecule has 0 saturated heterocycles. The van der Waals surface area contributed by atoms with Gasteiger partial charge in [-0.05, 0) is 42.0 Å². The Labute approximate surface area is 159 Å². The lowest BCUT2D eigenvalue weighted by Gasteiger charge is -2.26. The quantitative estimate of drug-likeness (QED) is 0.681. The van der Waals surface area contributed by atoms with Crippen molar-refractivity contribution in [1.29, 1.82) is 0 Å². The van der Waals surface area contributed by atoms with E-state index in [1.54, 1.807) is 25.1 Å². The fraction of sp³-hybridized carbons (Fsp3) is 0.500. The third-order valence-corrected chi connectivity index (χ3v) is 7.81. The number of fused-ring (bicyclic) bond motifs is 1. The number of sulfonamides is 1. The van der Waals surface area contributed by atoms with Gasteiger partial charge in [-0.15, -0.1) is 11.3 Å². The third-order valence-electron chi connectivity index (χ3n) is 4.19. The lowest BCUT2D eigenvalue weighted by molar-refractivity contribution is -0.147. The number of rotatable bonds is 7. The van der Waals surface area contributed by atoms with E-state index in [9.17, 15) is 26.7 Å². The number of hydrogen-bond donors (Lipinski definition) is 2. The van der Waals surface area contributed by atoms with Crippen molar-refractivity contribution in [3.63, 3.8) is 0 Å². The van der Waals surface area contributed by atoms with Gasteiger partial charge in [0.1, 0.15) is 4.21 Å². The van der Waals surface area contributed by atoms with Gasteiger partial charge in [-0.25, -0.2) is 13.1 Å². The maximum absolute atomic E-state index is 12.7. The Bertz CT molecular complexity index is 881. The first-order valence-corrected chi connectivity index (χ1v) is 10.5. The molecule has 0 saturated carbocycles. The molecule has 0 spiro atoms. The van der Waals surface area contributed by atoms with Gasteiger partial charge in [0.15, 0.2) is 0 Å². The molecule has 0 bridgehead atoms. The summed E-state index contributed by atoms with van der Waals surface area (Å²) in [6.45, 7) is 2.42. The van der Waals surface area contributed by atoms with E-state index >= 15 is 0 Å². The van der Waals surface area contributed by atoms with E-state index < -0.39 is 41.2 Å². The van der Waals surface area contributed by atoms with Crippen LogP contribution in [0.5, 0.6) is 0 Å². The second kappa shape index (κ2) is 8.02. The number of aliphatic hydroxyl groups excluding tert-OH is 1. The largest absolute Gasteiger partial charge is 0.395 e. The van der Waals surface area contributed by atoms with Crippen molar-refractivity contribution in [3.05, 3.63) is 28.8 Å². The van der Waals surface area contributed by atoms with Crippen LogP contribution in [0.2, 0.25) is 5.02 Å². The van der Waals surface area contributed by atoms with Crippen molar-refractivity contribution in [2.24, 2.45) is 5.92 Å². The lowest BCUT2D eigenvalue weighted by Crippen LogP contribution is -2.44. The van der Waals surface area contributed by atoms with Crippen molar-refractivity contribution in [2.45, 2.75) is 43.1 Å². The molecule has 0 radical (unpaired) electrons. The Morgan fingerprint density at radius 1 is 1.35 bits per heavy atom. The smallest absolute Gasteiger partial charge is 0.389 e. The summed E-state index contributed by atoms with van der Waals surface area (Å²) in [4.78, 5) is 0. The van der Waals surface area contributed by atoms with E-state index in [4.69, 9.17) is 11.6 Å². The molecule has 146 valence electrons. The van der Waals surface area contributed by atoms with Crippen molar-refractivity contribution in [2.75, 3.05) is 6.61 Å². The minimum atomic E-state index is -4.44. The summed E-state index contributed by atoms with van der Waals surface area (Å²) in [6, 6.07) is 3.75. The first-order chi connectivity index (χ1) is 12.0. The van der Waals surface area contributed by atoms with Gasteiger partial charge in [-0.3, -0.25) is 0 Å². The number of aryl methyl sites for hydroxylation is 1. The van der Waals surface area contributed by atoms with Crippen LogP contribution in [0.3, 0.4) is 0 Å². The fourth-order valence-electron chi connectivity index (χ4n) is 2.83. The number of benzene rings is 1. The molecule has 10 heteroatoms. The molecule has 0 aliphatic rings. The highest BCUT2D eigenvalue weighted by Gasteiger charge is 2.36. The van der Waals surface area contributed by atoms with Gasteiger partial charge in [0.05, 0.1) is 6.61 Å². The van der Waals surface area contributed by atoms with Gasteiger partial charge in [-0.2, -0.15) is 13.2 Å². The normalized spacial score (nSPS) is 15.3. The minimum absolute atomic E-state index is 0.00933. The topological polar surface area (TPSA) is 66.4 Å². The SMILES string of the molecule is CCC(CC(F)(F)F)C(CO)NS(=O)(=O)c1sc2ccc(Cl)cc2c1C. The van der Waals surface area contributed by atoms with Crippen molar-refractivity contribution < 1.29 is 26.7 Å². The Morgan fingerprint density at radius 3 is 2.54 bits per heavy atom. The van der Waals surface area contributed by atoms with Crippen LogP contribution < -0.4 is 4.72 Å². The van der Waals surface area contributed by atoms with E-state index in [1.807, 2.05) is 0 Å². The molecular formula is C16H19ClF3NO3S2. The number of aliphatic hydroxyl groups is 1. The molecule has 1 aromatic carbocycles. The van der Waals surface area contributed by atoms with Crippen molar-refractivity contribution >= 4 is 43.0 Å². The minimum Gasteiger partial charge on any atom is -0.395 e. The Morgan fingerprint density at radius 2 is 2.00 bits per heavy atom. The van der Waals surface area contributed by atoms with Gasteiger partial charge in [-0.1, -0.05) is 24.9 Å². The molecule has 0 amide bonds. The molecule has 0 aliphatic carbocycles. The average molecular weight is 430 g/mol. The monoisotopic (exact) mass is 429 g/mol. The maximum Gasteiger partial charge on any atom is 0.389 e. The molecule has 2 atom stereocenters. The summed E-state index contributed by atoms with van der Waals surface area (Å²) in [5.74, 6) is -1.06. The summed E-state index contributed by atoms with van der Waals surface area (Å²) >= 11 is 6.95. The lowest BCUT2D eigenvalue weighted by atomic mass is 9.94. The summed E-state index contributed by atoms with van der Waals surface area (Å²) in [5.41, 5.74) is 0.473. The molecule has 26 heavy (non-hydrogen) atoms. The zero-order valence-electron chi connectivity index (χ0n) is 14.1. The van der Waals surface area contributed by atoms with Crippen LogP contribution in [0, 0.1) is 12.8 Å². The molecule has 4 nitrogen and oxygen atoms in total. The number of halogens is 4. The standard InChI is InChI=1S/C16H19ClF3NO3S2/c1-3-10(7-16(18,19)20)13(8-22)21-26(23,24)15-9(2)12-6-11(17)4-5-14(12)25-15/h4-6,10,13,21-22H,3,7-8H2,1-2H3. The molecule has 0 fully saturated rings. The van der Waals surface area contributed by atoms with E-state index in [2.05, 4.69) is 4.72 Å². The second-order valence-electron chi connectivity index (χ2n) is 6.05. The molecule has 0 aliphatic heterocycles. The highest BCUT2D eigenvalue weighted by Crippen LogP contribution is 2.36. The van der Waals surface area contributed by atoms with Crippen LogP contribution in [-0.2, 0) is 10.0 Å². The fourth-order valence-corrected chi connectivity index (χ4v) is 6.06. The van der Waals surface area contributed by atoms with Crippen molar-refractivity contribution in [1.82, 2.24) is 4.72 Å². The Kier molecular flexibility index (Phi) is 6.61. The third kappa shape index (κ3) is 4.89. The van der Waals surface area contributed by atoms with Crippen LogP contribution >= 0.6 is 22.9 Å². The Hall–Kier alpha value is -0.870. The van der Waals surface area contributed by atoms with E-state index in [0.717, 1.165) is 11.3 Å². The molecule has 2 unspecified atom stereocenters. The van der Waals surface area contributed by atoms with Crippen LogP contribution in [0.15, 0.2) is 22.4 Å². The van der Waals surface area contributed by atoms with Crippen molar-refractivity contribution in [3.8, 4) is 0 Å². The van der Waals surface area contributed by atoms with E-state index in [1.165, 1.54) is 6.92 Å². The molecule has 2 rings (SSSR count). The number of alkyl halides is 3. The molecular weight excluding hydrogens is 411 g/mol. The molecule has 1 aromatic heterocycles. The van der Waals surface area contributed by atoms with Crippen LogP contribution in [-0.4, -0.2) is 32.3 Å². The number of hydrogen-bond acceptors (Lipinski definition) is 4. The highest BCUT2D eigenvalue weighted by atomic mass is 35.5. The van der Waals surface area contributed by atoms with Gasteiger partial charge in [0.2, 0.25) is 0 Å². The van der Waals surface area contributed by atoms with E-state index in [-0.39, 0.29) is 10.6 Å². The zero-order valence-corrected chi connectivity index (χ0v) is 16.5. The second-order valence-corrected chi connectivity index (χ2v) is 9.45. The van der Waals surface area contributed by atoms with Crippen LogP contribution in [0.4, 0.5) is 13.2 Å². The highest BCUT2D eigenvalue weighted by molar-refractivity contribution is 7.91. The number of thiophene rings is 1. The summed E-state index contributed by atoms with van der Waals surface area (Å²) in [5, 5.41) is 10.6. The average Bonchev–Trinajstić information content (AvgIpc) is 2.87. The summed E-state index contributed by atoms with van der Waals surface area (Å²) in [6.07, 6.45) is -5.53. The molecule has 1 heterocycles. The first kappa shape index (κ1) is 21.4. The number of nitrogens with one attached hydrogen (secondary N) is 1.